The molecule has 1 fully saturated rings. The minimum Gasteiger partial charge on any atom is -0.315 e. The molecule has 0 saturated carbocycles. The number of nitriles is 1. The maximum atomic E-state index is 8.91. The van der Waals surface area contributed by atoms with Crippen LogP contribution in [0.1, 0.15) is 25.3 Å². The Hall–Kier alpha value is -1.33. The first-order valence-corrected chi connectivity index (χ1v) is 5.57. The van der Waals surface area contributed by atoms with Crippen molar-refractivity contribution in [2.75, 3.05) is 13.1 Å². The van der Waals surface area contributed by atoms with Gasteiger partial charge in [-0.15, -0.1) is 0 Å². The van der Waals surface area contributed by atoms with Crippen molar-refractivity contribution in [3.8, 4) is 6.07 Å². The Morgan fingerprint density at radius 2 is 1.87 bits per heavy atom. The molecule has 2 heteroatoms. The highest BCUT2D eigenvalue weighted by Crippen LogP contribution is 2.26. The van der Waals surface area contributed by atoms with Gasteiger partial charge in [0.1, 0.15) is 0 Å². The van der Waals surface area contributed by atoms with Crippen LogP contribution in [0.25, 0.3) is 0 Å². The summed E-state index contributed by atoms with van der Waals surface area (Å²) in [5, 5.41) is 12.2. The third kappa shape index (κ3) is 2.81. The summed E-state index contributed by atoms with van der Waals surface area (Å²) in [7, 11) is 0. The number of hydrogen-bond acceptors (Lipinski definition) is 2. The summed E-state index contributed by atoms with van der Waals surface area (Å²) in [6.45, 7) is 5.76. The number of benzene rings is 1. The Labute approximate surface area is 91.9 Å². The van der Waals surface area contributed by atoms with Crippen molar-refractivity contribution in [2.24, 2.45) is 5.92 Å². The predicted molar refractivity (Wildman–Crippen MR) is 62.5 cm³/mol. The van der Waals surface area contributed by atoms with Gasteiger partial charge in [-0.25, -0.2) is 0 Å². The average molecular weight is 202 g/mol. The van der Waals surface area contributed by atoms with Crippen molar-refractivity contribution in [2.45, 2.75) is 19.8 Å². The van der Waals surface area contributed by atoms with Crippen molar-refractivity contribution in [1.29, 1.82) is 5.26 Å². The van der Waals surface area contributed by atoms with Gasteiger partial charge in [0.25, 0.3) is 0 Å². The normalized spacial score (nSPS) is 23.8. The molecular weight excluding hydrogens is 184 g/mol. The molecule has 2 nitrogen and oxygen atoms in total. The Morgan fingerprint density at radius 3 is 2.47 bits per heavy atom. The fourth-order valence-electron chi connectivity index (χ4n) is 1.86. The smallest absolute Gasteiger partial charge is 0.0676 e. The molecule has 80 valence electrons. The van der Waals surface area contributed by atoms with Crippen molar-refractivity contribution in [3.05, 3.63) is 35.9 Å². The molecule has 1 heterocycles. The van der Waals surface area contributed by atoms with E-state index in [0.29, 0.717) is 5.92 Å². The number of nitrogens with zero attached hydrogens (tertiary/aromatic N) is 1. The third-order valence-corrected chi connectivity index (χ3v) is 2.61. The van der Waals surface area contributed by atoms with Crippen molar-refractivity contribution in [3.63, 3.8) is 0 Å². The van der Waals surface area contributed by atoms with Crippen LogP contribution < -0.4 is 5.32 Å². The highest BCUT2D eigenvalue weighted by molar-refractivity contribution is 5.24. The second kappa shape index (κ2) is 6.21. The van der Waals surface area contributed by atoms with Crippen LogP contribution >= 0.6 is 0 Å². The van der Waals surface area contributed by atoms with E-state index in [9.17, 15) is 0 Å². The van der Waals surface area contributed by atoms with Crippen LogP contribution in [0.4, 0.5) is 0 Å². The lowest BCUT2D eigenvalue weighted by molar-refractivity contribution is 0.646. The van der Waals surface area contributed by atoms with E-state index in [1.54, 1.807) is 0 Å². The fourth-order valence-corrected chi connectivity index (χ4v) is 1.86. The van der Waals surface area contributed by atoms with Gasteiger partial charge in [-0.3, -0.25) is 0 Å². The van der Waals surface area contributed by atoms with Crippen LogP contribution in [0.2, 0.25) is 0 Å². The lowest BCUT2D eigenvalue weighted by Gasteiger charge is -2.11. The van der Waals surface area contributed by atoms with Gasteiger partial charge in [0.15, 0.2) is 0 Å². The quantitative estimate of drug-likeness (QED) is 0.759. The monoisotopic (exact) mass is 202 g/mol. The molecule has 1 aromatic rings. The van der Waals surface area contributed by atoms with Gasteiger partial charge in [0.2, 0.25) is 0 Å². The Kier molecular flexibility index (Phi) is 4.86. The average Bonchev–Trinajstić information content (AvgIpc) is 2.81. The number of rotatable bonds is 1. The van der Waals surface area contributed by atoms with Crippen LogP contribution in [-0.4, -0.2) is 13.1 Å². The SMILES string of the molecule is CC.N#C[C@@H]1CNC[C@H]1c1ccccc1. The van der Waals surface area contributed by atoms with Crippen LogP contribution in [0, 0.1) is 17.2 Å². The zero-order valence-electron chi connectivity index (χ0n) is 9.40. The van der Waals surface area contributed by atoms with E-state index in [4.69, 9.17) is 5.26 Å². The summed E-state index contributed by atoms with van der Waals surface area (Å²) in [5.41, 5.74) is 1.28. The van der Waals surface area contributed by atoms with Gasteiger partial charge < -0.3 is 5.32 Å². The lowest BCUT2D eigenvalue weighted by Crippen LogP contribution is -2.07. The molecular formula is C13H18N2. The first-order chi connectivity index (χ1) is 7.42. The molecule has 0 radical (unpaired) electrons. The molecule has 0 spiro atoms. The van der Waals surface area contributed by atoms with Crippen molar-refractivity contribution >= 4 is 0 Å². The van der Waals surface area contributed by atoms with E-state index in [2.05, 4.69) is 23.5 Å². The second-order valence-corrected chi connectivity index (χ2v) is 3.41. The number of hydrogen-bond donors (Lipinski definition) is 1. The largest absolute Gasteiger partial charge is 0.315 e. The molecule has 1 saturated heterocycles. The fraction of sp³-hybridized carbons (Fsp3) is 0.462. The highest BCUT2D eigenvalue weighted by Gasteiger charge is 2.27. The molecule has 0 aromatic heterocycles. The first-order valence-electron chi connectivity index (χ1n) is 5.57. The summed E-state index contributed by atoms with van der Waals surface area (Å²) >= 11 is 0. The van der Waals surface area contributed by atoms with E-state index in [1.807, 2.05) is 32.0 Å². The molecule has 0 bridgehead atoms. The molecule has 0 amide bonds. The van der Waals surface area contributed by atoms with E-state index in [-0.39, 0.29) is 5.92 Å². The molecule has 0 aliphatic carbocycles. The molecule has 2 atom stereocenters. The third-order valence-electron chi connectivity index (χ3n) is 2.61. The Bertz CT molecular complexity index is 313. The van der Waals surface area contributed by atoms with Gasteiger partial charge in [0, 0.05) is 19.0 Å². The van der Waals surface area contributed by atoms with Crippen molar-refractivity contribution < 1.29 is 0 Å². The standard InChI is InChI=1S/C11H12N2.C2H6/c12-6-10-7-13-8-11(10)9-4-2-1-3-5-9;1-2/h1-5,10-11,13H,7-8H2;1-2H3/t10-,11+;/m1./s1. The highest BCUT2D eigenvalue weighted by atomic mass is 14.9. The summed E-state index contributed by atoms with van der Waals surface area (Å²) in [6.07, 6.45) is 0. The predicted octanol–water partition coefficient (Wildman–Crippen LogP) is 2.54. The second-order valence-electron chi connectivity index (χ2n) is 3.41. The minimum atomic E-state index is 0.141. The van der Waals surface area contributed by atoms with E-state index in [0.717, 1.165) is 13.1 Å². The molecule has 1 aliphatic heterocycles. The van der Waals surface area contributed by atoms with Gasteiger partial charge in [-0.05, 0) is 5.56 Å². The van der Waals surface area contributed by atoms with Crippen LogP contribution in [0.15, 0.2) is 30.3 Å². The van der Waals surface area contributed by atoms with E-state index >= 15 is 0 Å². The van der Waals surface area contributed by atoms with Crippen LogP contribution in [0.3, 0.4) is 0 Å². The molecule has 2 rings (SSSR count). The molecule has 15 heavy (non-hydrogen) atoms. The van der Waals surface area contributed by atoms with Crippen molar-refractivity contribution in [1.82, 2.24) is 5.32 Å². The Balaban J connectivity index is 0.000000531. The molecule has 1 aromatic carbocycles. The zero-order valence-corrected chi connectivity index (χ0v) is 9.40. The maximum Gasteiger partial charge on any atom is 0.0676 e. The summed E-state index contributed by atoms with van der Waals surface area (Å²) < 4.78 is 0. The molecule has 1 N–H and O–H groups in total. The lowest BCUT2D eigenvalue weighted by atomic mass is 9.90. The van der Waals surface area contributed by atoms with Gasteiger partial charge in [-0.1, -0.05) is 44.2 Å². The van der Waals surface area contributed by atoms with E-state index < -0.39 is 0 Å². The summed E-state index contributed by atoms with van der Waals surface area (Å²) in [4.78, 5) is 0. The first kappa shape index (κ1) is 11.7. The Morgan fingerprint density at radius 1 is 1.20 bits per heavy atom. The maximum absolute atomic E-state index is 8.91. The molecule has 1 aliphatic rings. The minimum absolute atomic E-state index is 0.141. The van der Waals surface area contributed by atoms with E-state index in [1.165, 1.54) is 5.56 Å². The zero-order chi connectivity index (χ0) is 11.1. The number of nitrogens with one attached hydrogen (secondary N) is 1. The summed E-state index contributed by atoms with van der Waals surface area (Å²) in [5.74, 6) is 0.522. The van der Waals surface area contributed by atoms with Crippen LogP contribution in [0.5, 0.6) is 0 Å². The van der Waals surface area contributed by atoms with Crippen LogP contribution in [-0.2, 0) is 0 Å². The summed E-state index contributed by atoms with van der Waals surface area (Å²) in [6, 6.07) is 12.6. The van der Waals surface area contributed by atoms with Gasteiger partial charge in [-0.2, -0.15) is 5.26 Å². The van der Waals surface area contributed by atoms with Gasteiger partial charge in [0.05, 0.1) is 12.0 Å². The molecule has 0 unspecified atom stereocenters. The van der Waals surface area contributed by atoms with Gasteiger partial charge >= 0.3 is 0 Å². The topological polar surface area (TPSA) is 35.8 Å².